The standard InChI is InChI=1S/C14H21ClN2/c1-11(2)9-13-10-17(8-7-16-13)14-5-3-12(15)4-6-14/h3-6,11,13,16H,7-10H2,1-2H3. The first-order chi connectivity index (χ1) is 8.15. The fraction of sp³-hybridized carbons (Fsp3) is 0.571. The van der Waals surface area contributed by atoms with E-state index in [0.29, 0.717) is 6.04 Å². The van der Waals surface area contributed by atoms with Crippen LogP contribution in [0.1, 0.15) is 20.3 Å². The van der Waals surface area contributed by atoms with Gasteiger partial charge in [-0.05, 0) is 36.6 Å². The van der Waals surface area contributed by atoms with Gasteiger partial charge in [-0.25, -0.2) is 0 Å². The monoisotopic (exact) mass is 252 g/mol. The lowest BCUT2D eigenvalue weighted by atomic mass is 10.0. The zero-order valence-electron chi connectivity index (χ0n) is 10.6. The summed E-state index contributed by atoms with van der Waals surface area (Å²) in [6.07, 6.45) is 1.24. The summed E-state index contributed by atoms with van der Waals surface area (Å²) in [7, 11) is 0. The lowest BCUT2D eigenvalue weighted by Gasteiger charge is -2.36. The van der Waals surface area contributed by atoms with E-state index in [9.17, 15) is 0 Å². The van der Waals surface area contributed by atoms with Crippen molar-refractivity contribution in [2.45, 2.75) is 26.3 Å². The minimum atomic E-state index is 0.611. The van der Waals surface area contributed by atoms with Crippen molar-refractivity contribution in [1.82, 2.24) is 5.32 Å². The molecule has 2 nitrogen and oxygen atoms in total. The lowest BCUT2D eigenvalue weighted by molar-refractivity contribution is 0.388. The Morgan fingerprint density at radius 2 is 2.06 bits per heavy atom. The van der Waals surface area contributed by atoms with Crippen LogP contribution in [0, 0.1) is 5.92 Å². The summed E-state index contributed by atoms with van der Waals surface area (Å²) in [5.41, 5.74) is 1.28. The minimum absolute atomic E-state index is 0.611. The topological polar surface area (TPSA) is 15.3 Å². The maximum absolute atomic E-state index is 5.92. The number of benzene rings is 1. The van der Waals surface area contributed by atoms with Crippen LogP contribution in [0.4, 0.5) is 5.69 Å². The number of halogens is 1. The van der Waals surface area contributed by atoms with Gasteiger partial charge in [0.05, 0.1) is 0 Å². The van der Waals surface area contributed by atoms with E-state index in [2.05, 4.69) is 36.2 Å². The Morgan fingerprint density at radius 1 is 1.35 bits per heavy atom. The molecule has 0 bridgehead atoms. The quantitative estimate of drug-likeness (QED) is 0.889. The molecule has 94 valence electrons. The Balaban J connectivity index is 1.99. The highest BCUT2D eigenvalue weighted by Gasteiger charge is 2.20. The first-order valence-electron chi connectivity index (χ1n) is 6.39. The summed E-state index contributed by atoms with van der Waals surface area (Å²) in [6, 6.07) is 8.77. The SMILES string of the molecule is CC(C)CC1CN(c2ccc(Cl)cc2)CCN1. The Hall–Kier alpha value is -0.730. The van der Waals surface area contributed by atoms with Crippen molar-refractivity contribution in [3.8, 4) is 0 Å². The van der Waals surface area contributed by atoms with E-state index in [1.54, 1.807) is 0 Å². The second-order valence-electron chi connectivity index (χ2n) is 5.20. The summed E-state index contributed by atoms with van der Waals surface area (Å²) in [4.78, 5) is 2.44. The van der Waals surface area contributed by atoms with Gasteiger partial charge in [0.15, 0.2) is 0 Å². The van der Waals surface area contributed by atoms with Crippen LogP contribution in [0.5, 0.6) is 0 Å². The van der Waals surface area contributed by atoms with Crippen molar-refractivity contribution in [1.29, 1.82) is 0 Å². The second kappa shape index (κ2) is 5.74. The molecule has 1 fully saturated rings. The van der Waals surface area contributed by atoms with Crippen LogP contribution in [0.25, 0.3) is 0 Å². The number of rotatable bonds is 3. The van der Waals surface area contributed by atoms with Crippen LogP contribution in [0.15, 0.2) is 24.3 Å². The highest BCUT2D eigenvalue weighted by molar-refractivity contribution is 6.30. The molecule has 1 aromatic rings. The third-order valence-corrected chi connectivity index (χ3v) is 3.46. The zero-order valence-corrected chi connectivity index (χ0v) is 11.4. The molecular formula is C14H21ClN2. The maximum atomic E-state index is 5.92. The van der Waals surface area contributed by atoms with Crippen molar-refractivity contribution in [2.24, 2.45) is 5.92 Å². The van der Waals surface area contributed by atoms with Crippen molar-refractivity contribution in [3.05, 3.63) is 29.3 Å². The summed E-state index contributed by atoms with van der Waals surface area (Å²) in [5, 5.41) is 4.40. The van der Waals surface area contributed by atoms with Gasteiger partial charge in [-0.2, -0.15) is 0 Å². The largest absolute Gasteiger partial charge is 0.369 e. The van der Waals surface area contributed by atoms with Gasteiger partial charge in [0, 0.05) is 36.4 Å². The van der Waals surface area contributed by atoms with Gasteiger partial charge in [0.1, 0.15) is 0 Å². The van der Waals surface area contributed by atoms with Gasteiger partial charge >= 0.3 is 0 Å². The van der Waals surface area contributed by atoms with Crippen molar-refractivity contribution >= 4 is 17.3 Å². The lowest BCUT2D eigenvalue weighted by Crippen LogP contribution is -2.51. The maximum Gasteiger partial charge on any atom is 0.0407 e. The van der Waals surface area contributed by atoms with Crippen molar-refractivity contribution in [3.63, 3.8) is 0 Å². The summed E-state index contributed by atoms with van der Waals surface area (Å²) in [5.74, 6) is 0.748. The van der Waals surface area contributed by atoms with E-state index < -0.39 is 0 Å². The predicted octanol–water partition coefficient (Wildman–Crippen LogP) is 3.16. The van der Waals surface area contributed by atoms with Crippen LogP contribution in [-0.2, 0) is 0 Å². The van der Waals surface area contributed by atoms with E-state index in [0.717, 1.165) is 30.6 Å². The van der Waals surface area contributed by atoms with Crippen LogP contribution in [-0.4, -0.2) is 25.7 Å². The minimum Gasteiger partial charge on any atom is -0.369 e. The Labute approximate surface area is 109 Å². The molecule has 1 N–H and O–H groups in total. The molecule has 0 aromatic heterocycles. The molecule has 1 saturated heterocycles. The van der Waals surface area contributed by atoms with E-state index in [1.807, 2.05) is 12.1 Å². The first-order valence-corrected chi connectivity index (χ1v) is 6.77. The third kappa shape index (κ3) is 3.62. The predicted molar refractivity (Wildman–Crippen MR) is 74.9 cm³/mol. The third-order valence-electron chi connectivity index (χ3n) is 3.20. The molecule has 1 unspecified atom stereocenters. The van der Waals surface area contributed by atoms with E-state index in [1.165, 1.54) is 12.1 Å². The van der Waals surface area contributed by atoms with E-state index >= 15 is 0 Å². The normalized spacial score (nSPS) is 20.9. The number of nitrogens with one attached hydrogen (secondary N) is 1. The molecule has 3 heteroatoms. The zero-order chi connectivity index (χ0) is 12.3. The van der Waals surface area contributed by atoms with Crippen LogP contribution in [0.3, 0.4) is 0 Å². The fourth-order valence-electron chi connectivity index (χ4n) is 2.44. The average Bonchev–Trinajstić information content (AvgIpc) is 2.29. The second-order valence-corrected chi connectivity index (χ2v) is 5.64. The molecule has 1 atom stereocenters. The number of anilines is 1. The summed E-state index contributed by atoms with van der Waals surface area (Å²) >= 11 is 5.92. The summed E-state index contributed by atoms with van der Waals surface area (Å²) in [6.45, 7) is 7.81. The van der Waals surface area contributed by atoms with Crippen LogP contribution >= 0.6 is 11.6 Å². The average molecular weight is 253 g/mol. The van der Waals surface area contributed by atoms with E-state index in [-0.39, 0.29) is 0 Å². The molecule has 1 heterocycles. The van der Waals surface area contributed by atoms with Gasteiger partial charge in [-0.15, -0.1) is 0 Å². The fourth-order valence-corrected chi connectivity index (χ4v) is 2.56. The molecule has 1 aliphatic heterocycles. The Bertz CT molecular complexity index is 348. The summed E-state index contributed by atoms with van der Waals surface area (Å²) < 4.78 is 0. The van der Waals surface area contributed by atoms with Crippen molar-refractivity contribution < 1.29 is 0 Å². The van der Waals surface area contributed by atoms with Gasteiger partial charge in [0.25, 0.3) is 0 Å². The molecule has 0 spiro atoms. The highest BCUT2D eigenvalue weighted by atomic mass is 35.5. The smallest absolute Gasteiger partial charge is 0.0407 e. The number of hydrogen-bond acceptors (Lipinski definition) is 2. The number of hydrogen-bond donors (Lipinski definition) is 1. The van der Waals surface area contributed by atoms with Gasteiger partial charge < -0.3 is 10.2 Å². The molecule has 1 aliphatic rings. The molecule has 0 aliphatic carbocycles. The van der Waals surface area contributed by atoms with Crippen molar-refractivity contribution in [2.75, 3.05) is 24.5 Å². The Kier molecular flexibility index (Phi) is 4.30. The molecule has 0 amide bonds. The first kappa shape index (κ1) is 12.7. The van der Waals surface area contributed by atoms with Gasteiger partial charge in [0.2, 0.25) is 0 Å². The van der Waals surface area contributed by atoms with Crippen LogP contribution in [0.2, 0.25) is 5.02 Å². The number of piperazine rings is 1. The van der Waals surface area contributed by atoms with E-state index in [4.69, 9.17) is 11.6 Å². The number of nitrogens with zero attached hydrogens (tertiary/aromatic N) is 1. The molecule has 2 rings (SSSR count). The van der Waals surface area contributed by atoms with Crippen LogP contribution < -0.4 is 10.2 Å². The van der Waals surface area contributed by atoms with Gasteiger partial charge in [-0.3, -0.25) is 0 Å². The Morgan fingerprint density at radius 3 is 2.71 bits per heavy atom. The molecule has 17 heavy (non-hydrogen) atoms. The molecule has 0 saturated carbocycles. The molecular weight excluding hydrogens is 232 g/mol. The molecule has 1 aromatic carbocycles. The van der Waals surface area contributed by atoms with Gasteiger partial charge in [-0.1, -0.05) is 25.4 Å². The highest BCUT2D eigenvalue weighted by Crippen LogP contribution is 2.20. The molecule has 0 radical (unpaired) electrons.